The van der Waals surface area contributed by atoms with E-state index in [4.69, 9.17) is 4.98 Å². The highest BCUT2D eigenvalue weighted by Gasteiger charge is 2.27. The van der Waals surface area contributed by atoms with Crippen molar-refractivity contribution in [3.05, 3.63) is 41.7 Å². The number of aromatic amines is 1. The molecule has 1 aliphatic heterocycles. The number of nitrogens with zero attached hydrogens (tertiary/aromatic N) is 5. The summed E-state index contributed by atoms with van der Waals surface area (Å²) in [6.07, 6.45) is 4.83. The summed E-state index contributed by atoms with van der Waals surface area (Å²) in [5, 5.41) is 7.92. The monoisotopic (exact) mass is 352 g/mol. The Morgan fingerprint density at radius 1 is 1.38 bits per heavy atom. The van der Waals surface area contributed by atoms with Crippen LogP contribution in [0.15, 0.2) is 24.5 Å². The molecule has 26 heavy (non-hydrogen) atoms. The minimum atomic E-state index is 0.185. The van der Waals surface area contributed by atoms with Gasteiger partial charge in [-0.25, -0.2) is 4.98 Å². The lowest BCUT2D eigenvalue weighted by Crippen LogP contribution is -2.39. The third-order valence-corrected chi connectivity index (χ3v) is 5.26. The molecule has 2 aromatic heterocycles. The van der Waals surface area contributed by atoms with Crippen molar-refractivity contribution in [2.75, 3.05) is 13.1 Å². The third kappa shape index (κ3) is 3.21. The molecule has 0 aliphatic carbocycles. The van der Waals surface area contributed by atoms with Crippen molar-refractivity contribution in [1.82, 2.24) is 29.6 Å². The summed E-state index contributed by atoms with van der Waals surface area (Å²) in [4.78, 5) is 22.9. The maximum atomic E-state index is 12.6. The Hall–Kier alpha value is -2.70. The number of likely N-dealkylation sites (tertiary alicyclic amines) is 1. The van der Waals surface area contributed by atoms with Gasteiger partial charge in [0.2, 0.25) is 5.91 Å². The second kappa shape index (κ2) is 6.90. The first-order valence-electron chi connectivity index (χ1n) is 9.17. The first-order chi connectivity index (χ1) is 12.6. The summed E-state index contributed by atoms with van der Waals surface area (Å²) < 4.78 is 1.86. The van der Waals surface area contributed by atoms with Gasteiger partial charge in [-0.1, -0.05) is 12.1 Å². The SMILES string of the molecule is Cc1cccc2[nH]c(C3CCCN(C(=O)CCc4nncn4C)C3)nc12. The summed E-state index contributed by atoms with van der Waals surface area (Å²) in [6, 6.07) is 6.18. The molecule has 0 spiro atoms. The van der Waals surface area contributed by atoms with Gasteiger partial charge in [-0.15, -0.1) is 10.2 Å². The molecule has 1 atom stereocenters. The quantitative estimate of drug-likeness (QED) is 0.781. The van der Waals surface area contributed by atoms with Gasteiger partial charge in [0, 0.05) is 38.9 Å². The Kier molecular flexibility index (Phi) is 4.44. The second-order valence-electron chi connectivity index (χ2n) is 7.13. The fourth-order valence-corrected chi connectivity index (χ4v) is 3.73. The van der Waals surface area contributed by atoms with Gasteiger partial charge in [-0.3, -0.25) is 4.79 Å². The predicted molar refractivity (Wildman–Crippen MR) is 98.7 cm³/mol. The number of carbonyl (C=O) groups excluding carboxylic acids is 1. The molecule has 1 unspecified atom stereocenters. The zero-order valence-corrected chi connectivity index (χ0v) is 15.3. The molecule has 7 heteroatoms. The van der Waals surface area contributed by atoms with Crippen LogP contribution in [-0.2, 0) is 18.3 Å². The lowest BCUT2D eigenvalue weighted by molar-refractivity contribution is -0.132. The Balaban J connectivity index is 1.44. The summed E-state index contributed by atoms with van der Waals surface area (Å²) in [6.45, 7) is 3.64. The number of para-hydroxylation sites is 1. The Bertz CT molecular complexity index is 927. The van der Waals surface area contributed by atoms with Crippen LogP contribution >= 0.6 is 0 Å². The van der Waals surface area contributed by atoms with Crippen LogP contribution in [0.25, 0.3) is 11.0 Å². The molecule has 0 bridgehead atoms. The largest absolute Gasteiger partial charge is 0.342 e. The molecular weight excluding hydrogens is 328 g/mol. The molecule has 1 saturated heterocycles. The number of rotatable bonds is 4. The molecule has 136 valence electrons. The van der Waals surface area contributed by atoms with Crippen LogP contribution in [0.2, 0.25) is 0 Å². The topological polar surface area (TPSA) is 79.7 Å². The van der Waals surface area contributed by atoms with Crippen molar-refractivity contribution in [2.24, 2.45) is 7.05 Å². The third-order valence-electron chi connectivity index (χ3n) is 5.26. The molecule has 3 aromatic rings. The maximum absolute atomic E-state index is 12.6. The Morgan fingerprint density at radius 3 is 3.04 bits per heavy atom. The van der Waals surface area contributed by atoms with Crippen LogP contribution < -0.4 is 0 Å². The standard InChI is InChI=1S/C19H24N6O/c1-13-5-3-7-15-18(13)22-19(21-15)14-6-4-10-25(11-14)17(26)9-8-16-23-20-12-24(16)2/h3,5,7,12,14H,4,6,8-11H2,1-2H3,(H,21,22). The number of nitrogens with one attached hydrogen (secondary N) is 1. The van der Waals surface area contributed by atoms with E-state index in [0.717, 1.165) is 48.6 Å². The summed E-state index contributed by atoms with van der Waals surface area (Å²) in [5.74, 6) is 2.30. The van der Waals surface area contributed by atoms with E-state index in [9.17, 15) is 4.79 Å². The average Bonchev–Trinajstić information content (AvgIpc) is 3.27. The van der Waals surface area contributed by atoms with Crippen LogP contribution in [0.1, 0.15) is 42.4 Å². The smallest absolute Gasteiger partial charge is 0.223 e. The number of piperidine rings is 1. The molecule has 4 rings (SSSR count). The number of aryl methyl sites for hydroxylation is 3. The first-order valence-corrected chi connectivity index (χ1v) is 9.17. The maximum Gasteiger partial charge on any atom is 0.223 e. The normalized spacial score (nSPS) is 17.8. The number of benzene rings is 1. The van der Waals surface area contributed by atoms with Gasteiger partial charge < -0.3 is 14.5 Å². The summed E-state index contributed by atoms with van der Waals surface area (Å²) >= 11 is 0. The van der Waals surface area contributed by atoms with E-state index < -0.39 is 0 Å². The minimum Gasteiger partial charge on any atom is -0.342 e. The molecule has 1 aliphatic rings. The van der Waals surface area contributed by atoms with Crippen molar-refractivity contribution in [1.29, 1.82) is 0 Å². The fraction of sp³-hybridized carbons (Fsp3) is 0.474. The van der Waals surface area contributed by atoms with Crippen molar-refractivity contribution in [3.63, 3.8) is 0 Å². The highest BCUT2D eigenvalue weighted by atomic mass is 16.2. The molecule has 1 amide bonds. The number of aromatic nitrogens is 5. The fourth-order valence-electron chi connectivity index (χ4n) is 3.73. The lowest BCUT2D eigenvalue weighted by atomic mass is 9.97. The summed E-state index contributed by atoms with van der Waals surface area (Å²) in [7, 11) is 1.90. The molecule has 0 radical (unpaired) electrons. The van der Waals surface area contributed by atoms with Crippen LogP contribution in [0.5, 0.6) is 0 Å². The second-order valence-corrected chi connectivity index (χ2v) is 7.13. The average molecular weight is 352 g/mol. The number of fused-ring (bicyclic) bond motifs is 1. The molecule has 0 saturated carbocycles. The van der Waals surface area contributed by atoms with Gasteiger partial charge in [-0.2, -0.15) is 0 Å². The minimum absolute atomic E-state index is 0.185. The predicted octanol–water partition coefficient (Wildman–Crippen LogP) is 2.34. The van der Waals surface area contributed by atoms with E-state index in [1.54, 1.807) is 6.33 Å². The van der Waals surface area contributed by atoms with Crippen LogP contribution in [0, 0.1) is 6.92 Å². The van der Waals surface area contributed by atoms with Gasteiger partial charge in [-0.05, 0) is 31.4 Å². The Labute approximate surface area is 152 Å². The Morgan fingerprint density at radius 2 is 2.27 bits per heavy atom. The van der Waals surface area contributed by atoms with E-state index in [1.807, 2.05) is 22.6 Å². The van der Waals surface area contributed by atoms with Crippen LogP contribution in [0.3, 0.4) is 0 Å². The first kappa shape index (κ1) is 16.8. The highest BCUT2D eigenvalue weighted by Crippen LogP contribution is 2.28. The van der Waals surface area contributed by atoms with Gasteiger partial charge in [0.1, 0.15) is 18.0 Å². The molecule has 1 aromatic carbocycles. The van der Waals surface area contributed by atoms with E-state index in [1.165, 1.54) is 5.56 Å². The van der Waals surface area contributed by atoms with Gasteiger partial charge >= 0.3 is 0 Å². The van der Waals surface area contributed by atoms with Crippen molar-refractivity contribution < 1.29 is 4.79 Å². The number of amides is 1. The zero-order chi connectivity index (χ0) is 18.1. The zero-order valence-electron chi connectivity index (χ0n) is 15.3. The van der Waals surface area contributed by atoms with Crippen molar-refractivity contribution >= 4 is 16.9 Å². The number of hydrogen-bond acceptors (Lipinski definition) is 4. The molecule has 7 nitrogen and oxygen atoms in total. The molecule has 1 fully saturated rings. The van der Waals surface area contributed by atoms with Crippen molar-refractivity contribution in [3.8, 4) is 0 Å². The van der Waals surface area contributed by atoms with E-state index in [2.05, 4.69) is 34.2 Å². The van der Waals surface area contributed by atoms with E-state index in [-0.39, 0.29) is 11.8 Å². The lowest BCUT2D eigenvalue weighted by Gasteiger charge is -2.32. The highest BCUT2D eigenvalue weighted by molar-refractivity contribution is 5.79. The number of imidazole rings is 1. The van der Waals surface area contributed by atoms with Gasteiger partial charge in [0.25, 0.3) is 0 Å². The van der Waals surface area contributed by atoms with E-state index >= 15 is 0 Å². The number of hydrogen-bond donors (Lipinski definition) is 1. The van der Waals surface area contributed by atoms with E-state index in [0.29, 0.717) is 12.8 Å². The van der Waals surface area contributed by atoms with Crippen LogP contribution in [0.4, 0.5) is 0 Å². The van der Waals surface area contributed by atoms with Crippen molar-refractivity contribution in [2.45, 2.75) is 38.5 Å². The van der Waals surface area contributed by atoms with Gasteiger partial charge in [0.15, 0.2) is 0 Å². The van der Waals surface area contributed by atoms with Gasteiger partial charge in [0.05, 0.1) is 11.0 Å². The number of carbonyl (C=O) groups is 1. The molecule has 1 N–H and O–H groups in total. The number of H-pyrrole nitrogens is 1. The molecule has 3 heterocycles. The van der Waals surface area contributed by atoms with Crippen LogP contribution in [-0.4, -0.2) is 48.6 Å². The summed E-state index contributed by atoms with van der Waals surface area (Å²) in [5.41, 5.74) is 3.29. The molecular formula is C19H24N6O.